The number of anilines is 2. The lowest BCUT2D eigenvalue weighted by Crippen LogP contribution is -2.27. The van der Waals surface area contributed by atoms with Gasteiger partial charge in [0.05, 0.1) is 6.54 Å². The van der Waals surface area contributed by atoms with E-state index in [2.05, 4.69) is 54.4 Å². The first-order chi connectivity index (χ1) is 11.9. The highest BCUT2D eigenvalue weighted by molar-refractivity contribution is 5.68. The molecule has 6 nitrogen and oxygen atoms in total. The number of rotatable bonds is 4. The van der Waals surface area contributed by atoms with E-state index >= 15 is 0 Å². The second kappa shape index (κ2) is 5.26. The molecule has 1 fully saturated rings. The van der Waals surface area contributed by atoms with Crippen molar-refractivity contribution in [2.75, 3.05) is 10.2 Å². The van der Waals surface area contributed by atoms with Crippen molar-refractivity contribution in [3.63, 3.8) is 0 Å². The van der Waals surface area contributed by atoms with E-state index in [0.717, 1.165) is 29.7 Å². The van der Waals surface area contributed by atoms with Crippen molar-refractivity contribution in [2.45, 2.75) is 25.3 Å². The van der Waals surface area contributed by atoms with E-state index in [1.54, 1.807) is 0 Å². The molecule has 120 valence electrons. The maximum Gasteiger partial charge on any atom is 0.153 e. The number of hydrogen-bond donors (Lipinski definition) is 2. The van der Waals surface area contributed by atoms with E-state index in [4.69, 9.17) is 0 Å². The Morgan fingerprint density at radius 2 is 2.04 bits per heavy atom. The molecule has 2 N–H and O–H groups in total. The topological polar surface area (TPSA) is 61.8 Å². The number of aromatic nitrogens is 4. The van der Waals surface area contributed by atoms with Gasteiger partial charge in [-0.1, -0.05) is 18.2 Å². The van der Waals surface area contributed by atoms with Crippen LogP contribution in [0.1, 0.15) is 30.3 Å². The lowest BCUT2D eigenvalue weighted by atomic mass is 10.2. The molecule has 0 saturated heterocycles. The molecule has 1 aromatic carbocycles. The number of hydrogen-bond acceptors (Lipinski definition) is 4. The van der Waals surface area contributed by atoms with Crippen molar-refractivity contribution < 1.29 is 0 Å². The molecular weight excluding hydrogens is 300 g/mol. The van der Waals surface area contributed by atoms with Gasteiger partial charge in [0, 0.05) is 42.0 Å². The largest absolute Gasteiger partial charge is 0.337 e. The van der Waals surface area contributed by atoms with Gasteiger partial charge in [-0.2, -0.15) is 5.10 Å². The molecular formula is C18H18N6. The van der Waals surface area contributed by atoms with Crippen LogP contribution in [0.5, 0.6) is 0 Å². The van der Waals surface area contributed by atoms with E-state index < -0.39 is 0 Å². The molecule has 3 aromatic rings. The van der Waals surface area contributed by atoms with Gasteiger partial charge in [-0.25, -0.2) is 4.98 Å². The monoisotopic (exact) mass is 318 g/mol. The Hall–Kier alpha value is -3.02. The molecule has 2 aliphatic rings. The summed E-state index contributed by atoms with van der Waals surface area (Å²) in [5, 5.41) is 11.0. The zero-order valence-electron chi connectivity index (χ0n) is 13.2. The third-order valence-electron chi connectivity index (χ3n) is 4.53. The highest BCUT2D eigenvalue weighted by Gasteiger charge is 2.26. The molecule has 1 saturated carbocycles. The van der Waals surface area contributed by atoms with E-state index in [9.17, 15) is 0 Å². The SMILES string of the molecule is C1=C(Nc2cc(C3CC3)[nH]n2)n2ccnc2CN1c1ccccc1. The van der Waals surface area contributed by atoms with Crippen LogP contribution in [0.25, 0.3) is 5.82 Å². The number of fused-ring (bicyclic) bond motifs is 1. The van der Waals surface area contributed by atoms with Crippen LogP contribution >= 0.6 is 0 Å². The fraction of sp³-hybridized carbons (Fsp3) is 0.222. The Morgan fingerprint density at radius 3 is 2.88 bits per heavy atom. The first-order valence-corrected chi connectivity index (χ1v) is 8.25. The fourth-order valence-electron chi connectivity index (χ4n) is 3.09. The van der Waals surface area contributed by atoms with Crippen LogP contribution in [0.2, 0.25) is 0 Å². The normalized spacial score (nSPS) is 16.7. The summed E-state index contributed by atoms with van der Waals surface area (Å²) < 4.78 is 2.07. The molecule has 6 heteroatoms. The molecule has 0 unspecified atom stereocenters. The fourth-order valence-corrected chi connectivity index (χ4v) is 3.09. The van der Waals surface area contributed by atoms with Crippen molar-refractivity contribution in [1.82, 2.24) is 19.7 Å². The quantitative estimate of drug-likeness (QED) is 0.774. The number of imidazole rings is 1. The number of nitrogens with zero attached hydrogens (tertiary/aromatic N) is 4. The minimum atomic E-state index is 0.665. The molecule has 0 bridgehead atoms. The molecule has 0 atom stereocenters. The Balaban J connectivity index is 1.47. The van der Waals surface area contributed by atoms with Gasteiger partial charge in [0.2, 0.25) is 0 Å². The first kappa shape index (κ1) is 13.4. The average Bonchev–Trinajstić information content (AvgIpc) is 3.17. The second-order valence-corrected chi connectivity index (χ2v) is 6.30. The maximum atomic E-state index is 4.48. The van der Waals surface area contributed by atoms with Crippen LogP contribution in [0.15, 0.2) is 55.0 Å². The molecule has 0 spiro atoms. The summed E-state index contributed by atoms with van der Waals surface area (Å²) in [6.07, 6.45) is 8.44. The molecule has 3 heterocycles. The van der Waals surface area contributed by atoms with Gasteiger partial charge < -0.3 is 10.2 Å². The van der Waals surface area contributed by atoms with Crippen molar-refractivity contribution in [1.29, 1.82) is 0 Å². The number of aromatic amines is 1. The van der Waals surface area contributed by atoms with Gasteiger partial charge in [0.1, 0.15) is 11.6 Å². The van der Waals surface area contributed by atoms with Crippen LogP contribution in [-0.2, 0) is 6.54 Å². The van der Waals surface area contributed by atoms with Crippen molar-refractivity contribution in [2.24, 2.45) is 0 Å². The highest BCUT2D eigenvalue weighted by Crippen LogP contribution is 2.39. The van der Waals surface area contributed by atoms with Crippen molar-refractivity contribution in [3.05, 3.63) is 66.5 Å². The van der Waals surface area contributed by atoms with Gasteiger partial charge in [0.15, 0.2) is 5.82 Å². The first-order valence-electron chi connectivity index (χ1n) is 8.25. The van der Waals surface area contributed by atoms with Gasteiger partial charge >= 0.3 is 0 Å². The zero-order valence-corrected chi connectivity index (χ0v) is 13.2. The summed E-state index contributed by atoms with van der Waals surface area (Å²) >= 11 is 0. The number of nitrogens with one attached hydrogen (secondary N) is 2. The standard InChI is InChI=1S/C18H18N6/c1-2-4-14(5-3-1)23-11-17-19-8-9-24(17)18(12-23)20-16-10-15(21-22-16)13-6-7-13/h1-5,8-10,12-13H,6-7,11H2,(H2,20,21,22). The lowest BCUT2D eigenvalue weighted by Gasteiger charge is -2.27. The molecule has 24 heavy (non-hydrogen) atoms. The Morgan fingerprint density at radius 1 is 1.17 bits per heavy atom. The van der Waals surface area contributed by atoms with E-state index in [1.165, 1.54) is 18.5 Å². The molecule has 2 aromatic heterocycles. The Bertz CT molecular complexity index is 887. The average molecular weight is 318 g/mol. The minimum Gasteiger partial charge on any atom is -0.337 e. The summed E-state index contributed by atoms with van der Waals surface area (Å²) in [6.45, 7) is 0.746. The molecule has 5 rings (SSSR count). The predicted octanol–water partition coefficient (Wildman–Crippen LogP) is 3.37. The van der Waals surface area contributed by atoms with E-state index in [-0.39, 0.29) is 0 Å². The van der Waals surface area contributed by atoms with Crippen LogP contribution in [-0.4, -0.2) is 19.7 Å². The minimum absolute atomic E-state index is 0.665. The molecule has 0 amide bonds. The number of H-pyrrole nitrogens is 1. The number of para-hydroxylation sites is 1. The predicted molar refractivity (Wildman–Crippen MR) is 93.3 cm³/mol. The van der Waals surface area contributed by atoms with Crippen LogP contribution in [0, 0.1) is 0 Å². The summed E-state index contributed by atoms with van der Waals surface area (Å²) in [5.41, 5.74) is 2.37. The third kappa shape index (κ3) is 2.36. The maximum absolute atomic E-state index is 4.48. The van der Waals surface area contributed by atoms with Crippen molar-refractivity contribution in [3.8, 4) is 0 Å². The molecule has 0 radical (unpaired) electrons. The van der Waals surface area contributed by atoms with Crippen molar-refractivity contribution >= 4 is 17.3 Å². The van der Waals surface area contributed by atoms with Crippen LogP contribution in [0.4, 0.5) is 11.5 Å². The van der Waals surface area contributed by atoms with Gasteiger partial charge in [-0.05, 0) is 25.0 Å². The van der Waals surface area contributed by atoms with E-state index in [0.29, 0.717) is 5.92 Å². The smallest absolute Gasteiger partial charge is 0.153 e. The summed E-state index contributed by atoms with van der Waals surface area (Å²) in [4.78, 5) is 6.67. The third-order valence-corrected chi connectivity index (χ3v) is 4.53. The van der Waals surface area contributed by atoms with Gasteiger partial charge in [-0.15, -0.1) is 0 Å². The number of benzene rings is 1. The summed E-state index contributed by atoms with van der Waals surface area (Å²) in [6, 6.07) is 12.4. The van der Waals surface area contributed by atoms with Crippen LogP contribution < -0.4 is 10.2 Å². The second-order valence-electron chi connectivity index (χ2n) is 6.30. The Kier molecular flexibility index (Phi) is 2.94. The zero-order chi connectivity index (χ0) is 15.9. The van der Waals surface area contributed by atoms with Gasteiger partial charge in [0.25, 0.3) is 0 Å². The highest BCUT2D eigenvalue weighted by atomic mass is 15.3. The molecule has 1 aliphatic heterocycles. The van der Waals surface area contributed by atoms with Crippen LogP contribution in [0.3, 0.4) is 0 Å². The van der Waals surface area contributed by atoms with Gasteiger partial charge in [-0.3, -0.25) is 9.67 Å². The van der Waals surface area contributed by atoms with E-state index in [1.807, 2.05) is 30.6 Å². The summed E-state index contributed by atoms with van der Waals surface area (Å²) in [7, 11) is 0. The lowest BCUT2D eigenvalue weighted by molar-refractivity contribution is 0.805. The Labute approximate surface area is 139 Å². The molecule has 1 aliphatic carbocycles. The summed E-state index contributed by atoms with van der Waals surface area (Å²) in [5.74, 6) is 3.46.